The second-order valence-electron chi connectivity index (χ2n) is 5.78. The van der Waals surface area contributed by atoms with Crippen molar-refractivity contribution >= 4 is 35.5 Å². The molecule has 2 saturated heterocycles. The van der Waals surface area contributed by atoms with Crippen molar-refractivity contribution in [1.29, 1.82) is 0 Å². The van der Waals surface area contributed by atoms with Crippen LogP contribution in [-0.2, 0) is 4.79 Å². The Hall–Kier alpha value is -0.560. The van der Waals surface area contributed by atoms with Gasteiger partial charge in [0.1, 0.15) is 6.04 Å². The van der Waals surface area contributed by atoms with E-state index in [1.165, 1.54) is 0 Å². The Morgan fingerprint density at radius 2 is 1.86 bits per heavy atom. The third kappa shape index (κ3) is 3.80. The van der Waals surface area contributed by atoms with E-state index < -0.39 is 12.0 Å². The van der Waals surface area contributed by atoms with E-state index in [9.17, 15) is 14.7 Å². The third-order valence-corrected chi connectivity index (χ3v) is 6.41. The van der Waals surface area contributed by atoms with Crippen LogP contribution in [0.4, 0.5) is 4.79 Å². The fourth-order valence-electron chi connectivity index (χ4n) is 2.98. The van der Waals surface area contributed by atoms with Crippen molar-refractivity contribution in [3.8, 4) is 0 Å². The molecular formula is C14H24N2O3S2. The van der Waals surface area contributed by atoms with E-state index >= 15 is 0 Å². The molecule has 2 aliphatic heterocycles. The van der Waals surface area contributed by atoms with Gasteiger partial charge < -0.3 is 10.0 Å². The summed E-state index contributed by atoms with van der Waals surface area (Å²) in [5.41, 5.74) is 0. The summed E-state index contributed by atoms with van der Waals surface area (Å²) in [7, 11) is 0. The Bertz CT molecular complexity index is 398. The number of thioether (sulfide) groups is 2. The topological polar surface area (TPSA) is 60.9 Å². The fourth-order valence-corrected chi connectivity index (χ4v) is 5.81. The summed E-state index contributed by atoms with van der Waals surface area (Å²) >= 11 is 3.49. The van der Waals surface area contributed by atoms with Crippen molar-refractivity contribution in [2.24, 2.45) is 0 Å². The molecule has 2 rings (SSSR count). The van der Waals surface area contributed by atoms with Crippen LogP contribution in [0, 0.1) is 0 Å². The molecule has 0 aliphatic carbocycles. The van der Waals surface area contributed by atoms with Crippen LogP contribution in [0.2, 0.25) is 0 Å². The average molecular weight is 332 g/mol. The predicted molar refractivity (Wildman–Crippen MR) is 87.9 cm³/mol. The first-order chi connectivity index (χ1) is 9.93. The number of carbonyl (C=O) groups is 2. The van der Waals surface area contributed by atoms with Crippen molar-refractivity contribution in [2.75, 3.05) is 18.8 Å². The van der Waals surface area contributed by atoms with E-state index in [4.69, 9.17) is 0 Å². The average Bonchev–Trinajstić information content (AvgIpc) is 2.81. The lowest BCUT2D eigenvalue weighted by Crippen LogP contribution is -2.55. The molecule has 0 spiro atoms. The molecule has 120 valence electrons. The highest BCUT2D eigenvalue weighted by molar-refractivity contribution is 8.00. The maximum Gasteiger partial charge on any atom is 0.327 e. The van der Waals surface area contributed by atoms with Crippen LogP contribution >= 0.6 is 23.5 Å². The Balaban J connectivity index is 2.14. The van der Waals surface area contributed by atoms with Crippen molar-refractivity contribution < 1.29 is 14.7 Å². The highest BCUT2D eigenvalue weighted by Gasteiger charge is 2.43. The Labute approximate surface area is 134 Å². The minimum atomic E-state index is -0.887. The summed E-state index contributed by atoms with van der Waals surface area (Å²) in [5.74, 6) is -0.388. The van der Waals surface area contributed by atoms with Crippen LogP contribution < -0.4 is 0 Å². The molecule has 4 unspecified atom stereocenters. The van der Waals surface area contributed by atoms with Crippen molar-refractivity contribution in [3.63, 3.8) is 0 Å². The largest absolute Gasteiger partial charge is 0.480 e. The van der Waals surface area contributed by atoms with Crippen molar-refractivity contribution in [1.82, 2.24) is 9.80 Å². The zero-order chi connectivity index (χ0) is 15.6. The molecule has 4 atom stereocenters. The van der Waals surface area contributed by atoms with Gasteiger partial charge in [0.25, 0.3) is 0 Å². The first-order valence-corrected chi connectivity index (χ1v) is 9.50. The normalized spacial score (nSPS) is 33.3. The molecular weight excluding hydrogens is 308 g/mol. The zero-order valence-corrected chi connectivity index (χ0v) is 14.5. The number of amides is 2. The van der Waals surface area contributed by atoms with Crippen molar-refractivity contribution in [3.05, 3.63) is 0 Å². The first kappa shape index (κ1) is 16.8. The maximum atomic E-state index is 12.9. The molecule has 2 fully saturated rings. The lowest BCUT2D eigenvalue weighted by Gasteiger charge is -2.39. The van der Waals surface area contributed by atoms with E-state index in [0.717, 1.165) is 12.8 Å². The van der Waals surface area contributed by atoms with Crippen LogP contribution in [0.15, 0.2) is 0 Å². The smallest absolute Gasteiger partial charge is 0.327 e. The van der Waals surface area contributed by atoms with E-state index in [1.807, 2.05) is 16.7 Å². The molecule has 0 aromatic carbocycles. The fraction of sp³-hybridized carbons (Fsp3) is 0.857. The highest BCUT2D eigenvalue weighted by atomic mass is 32.2. The van der Waals surface area contributed by atoms with Gasteiger partial charge in [0.05, 0.1) is 5.37 Å². The molecule has 1 N–H and O–H groups in total. The minimum Gasteiger partial charge on any atom is -0.480 e. The third-order valence-electron chi connectivity index (χ3n) is 3.82. The van der Waals surface area contributed by atoms with Gasteiger partial charge in [-0.1, -0.05) is 27.2 Å². The summed E-state index contributed by atoms with van der Waals surface area (Å²) in [6, 6.07) is -0.774. The predicted octanol–water partition coefficient (Wildman–Crippen LogP) is 2.56. The van der Waals surface area contributed by atoms with Gasteiger partial charge >= 0.3 is 12.0 Å². The molecule has 21 heavy (non-hydrogen) atoms. The minimum absolute atomic E-state index is 0.00351. The van der Waals surface area contributed by atoms with E-state index in [1.54, 1.807) is 16.7 Å². The number of rotatable bonds is 3. The van der Waals surface area contributed by atoms with Gasteiger partial charge in [0.15, 0.2) is 0 Å². The number of carbonyl (C=O) groups excluding carboxylic acids is 1. The van der Waals surface area contributed by atoms with Gasteiger partial charge in [-0.15, -0.1) is 11.8 Å². The van der Waals surface area contributed by atoms with Crippen LogP contribution in [0.3, 0.4) is 0 Å². The molecule has 7 heteroatoms. The van der Waals surface area contributed by atoms with Crippen LogP contribution in [0.1, 0.15) is 33.6 Å². The summed E-state index contributed by atoms with van der Waals surface area (Å²) in [5, 5.41) is 10.2. The second-order valence-corrected chi connectivity index (χ2v) is 8.88. The zero-order valence-electron chi connectivity index (χ0n) is 12.8. The second kappa shape index (κ2) is 7.13. The quantitative estimate of drug-likeness (QED) is 0.861. The number of hydrogen-bond acceptors (Lipinski definition) is 4. The molecule has 0 aromatic heterocycles. The molecule has 0 bridgehead atoms. The van der Waals surface area contributed by atoms with Gasteiger partial charge in [-0.2, -0.15) is 11.8 Å². The first-order valence-electron chi connectivity index (χ1n) is 7.51. The number of aliphatic carboxylic acids is 1. The molecule has 0 aromatic rings. The summed E-state index contributed by atoms with van der Waals surface area (Å²) < 4.78 is 0. The summed E-state index contributed by atoms with van der Waals surface area (Å²) in [6.45, 7) is 7.73. The van der Waals surface area contributed by atoms with E-state index in [0.29, 0.717) is 29.3 Å². The SMILES string of the molecule is CCCC1SCC(C(=O)O)N1C(=O)N1CC(C)SC(C)C1. The number of carboxylic acid groups (broad SMARTS) is 1. The van der Waals surface area contributed by atoms with Crippen LogP contribution in [0.25, 0.3) is 0 Å². The molecule has 5 nitrogen and oxygen atoms in total. The van der Waals surface area contributed by atoms with E-state index in [2.05, 4.69) is 20.8 Å². The molecule has 2 heterocycles. The van der Waals surface area contributed by atoms with Gasteiger partial charge in [0.2, 0.25) is 0 Å². The van der Waals surface area contributed by atoms with Gasteiger partial charge in [-0.25, -0.2) is 9.59 Å². The molecule has 2 aliphatic rings. The number of urea groups is 1. The summed E-state index contributed by atoms with van der Waals surface area (Å²) in [6.07, 6.45) is 1.81. The molecule has 0 saturated carbocycles. The van der Waals surface area contributed by atoms with Crippen molar-refractivity contribution in [2.45, 2.75) is 55.5 Å². The lowest BCUT2D eigenvalue weighted by molar-refractivity contribution is -0.141. The standard InChI is InChI=1S/C14H24N2O3S2/c1-4-5-12-16(11(8-20-12)13(17)18)14(19)15-6-9(2)21-10(3)7-15/h9-12H,4-8H2,1-3H3,(H,17,18). The Kier molecular flexibility index (Phi) is 5.71. The summed E-state index contributed by atoms with van der Waals surface area (Å²) in [4.78, 5) is 27.8. The van der Waals surface area contributed by atoms with Crippen LogP contribution in [0.5, 0.6) is 0 Å². The Morgan fingerprint density at radius 1 is 1.24 bits per heavy atom. The van der Waals surface area contributed by atoms with Gasteiger partial charge in [0, 0.05) is 29.3 Å². The number of carboxylic acids is 1. The number of hydrogen-bond donors (Lipinski definition) is 1. The van der Waals surface area contributed by atoms with Gasteiger partial charge in [-0.3, -0.25) is 4.90 Å². The Morgan fingerprint density at radius 3 is 2.38 bits per heavy atom. The molecule has 2 amide bonds. The monoisotopic (exact) mass is 332 g/mol. The lowest BCUT2D eigenvalue weighted by atomic mass is 10.2. The van der Waals surface area contributed by atoms with E-state index in [-0.39, 0.29) is 11.4 Å². The van der Waals surface area contributed by atoms with Gasteiger partial charge in [-0.05, 0) is 6.42 Å². The highest BCUT2D eigenvalue weighted by Crippen LogP contribution is 2.34. The maximum absolute atomic E-state index is 12.9. The van der Waals surface area contributed by atoms with Crippen LogP contribution in [-0.4, -0.2) is 67.7 Å². The molecule has 0 radical (unpaired) electrons. The number of nitrogens with zero attached hydrogens (tertiary/aromatic N) is 2.